The number of hydrogen-bond acceptors (Lipinski definition) is 3. The van der Waals surface area contributed by atoms with Gasteiger partial charge in [0, 0.05) is 30.8 Å². The predicted molar refractivity (Wildman–Crippen MR) is 97.8 cm³/mol. The van der Waals surface area contributed by atoms with Crippen molar-refractivity contribution < 1.29 is 17.2 Å². The second-order valence-corrected chi connectivity index (χ2v) is 8.07. The Kier molecular flexibility index (Phi) is 4.43. The van der Waals surface area contributed by atoms with Crippen LogP contribution >= 0.6 is 0 Å². The maximum Gasteiger partial charge on any atom is 0.264 e. The number of nitrogens with one attached hydrogen (secondary N) is 1. The first-order valence-corrected chi connectivity index (χ1v) is 10.1. The largest absolute Gasteiger partial charge is 0.334 e. The summed E-state index contributed by atoms with van der Waals surface area (Å²) in [5, 5.41) is 0. The smallest absolute Gasteiger partial charge is 0.264 e. The molecule has 0 radical (unpaired) electrons. The van der Waals surface area contributed by atoms with Crippen molar-refractivity contribution >= 4 is 15.7 Å². The molecule has 0 aliphatic carbocycles. The van der Waals surface area contributed by atoms with Crippen LogP contribution in [0.25, 0.3) is 11.3 Å². The number of aromatic nitrogens is 2. The maximum absolute atomic E-state index is 14.0. The van der Waals surface area contributed by atoms with Gasteiger partial charge in [0.05, 0.1) is 11.4 Å². The Morgan fingerprint density at radius 3 is 2.67 bits per heavy atom. The molecule has 3 aromatic rings. The van der Waals surface area contributed by atoms with Crippen molar-refractivity contribution in [2.24, 2.45) is 0 Å². The molecule has 2 aromatic carbocycles. The SMILES string of the molecule is O=S(=O)(Nc1ccccc1-c1cn2c(n1)CCCC2)c1ccc(F)cc1F. The van der Waals surface area contributed by atoms with E-state index in [-0.39, 0.29) is 5.69 Å². The van der Waals surface area contributed by atoms with Gasteiger partial charge in [0.2, 0.25) is 0 Å². The van der Waals surface area contributed by atoms with Gasteiger partial charge in [0.15, 0.2) is 0 Å². The van der Waals surface area contributed by atoms with Crippen molar-refractivity contribution in [1.29, 1.82) is 0 Å². The fourth-order valence-electron chi connectivity index (χ4n) is 3.23. The van der Waals surface area contributed by atoms with Crippen LogP contribution in [0.3, 0.4) is 0 Å². The molecule has 140 valence electrons. The summed E-state index contributed by atoms with van der Waals surface area (Å²) in [5.74, 6) is -1.01. The Balaban J connectivity index is 1.72. The van der Waals surface area contributed by atoms with E-state index in [1.54, 1.807) is 24.3 Å². The van der Waals surface area contributed by atoms with E-state index in [0.29, 0.717) is 17.3 Å². The van der Waals surface area contributed by atoms with E-state index in [9.17, 15) is 17.2 Å². The highest BCUT2D eigenvalue weighted by molar-refractivity contribution is 7.92. The topological polar surface area (TPSA) is 64.0 Å². The number of rotatable bonds is 4. The maximum atomic E-state index is 14.0. The molecule has 0 spiro atoms. The number of imidazole rings is 1. The van der Waals surface area contributed by atoms with Crippen LogP contribution in [0.2, 0.25) is 0 Å². The van der Waals surface area contributed by atoms with E-state index in [2.05, 4.69) is 14.3 Å². The highest BCUT2D eigenvalue weighted by Crippen LogP contribution is 2.30. The molecule has 5 nitrogen and oxygen atoms in total. The number of hydrogen-bond donors (Lipinski definition) is 1. The van der Waals surface area contributed by atoms with E-state index >= 15 is 0 Å². The summed E-state index contributed by atoms with van der Waals surface area (Å²) in [7, 11) is -4.22. The van der Waals surface area contributed by atoms with Crippen molar-refractivity contribution in [2.75, 3.05) is 4.72 Å². The molecule has 0 amide bonds. The predicted octanol–water partition coefficient (Wildman–Crippen LogP) is 3.97. The molecule has 0 fully saturated rings. The van der Waals surface area contributed by atoms with Crippen LogP contribution in [0.5, 0.6) is 0 Å². The zero-order valence-corrected chi connectivity index (χ0v) is 15.1. The lowest BCUT2D eigenvalue weighted by molar-refractivity contribution is 0.522. The Hall–Kier alpha value is -2.74. The quantitative estimate of drug-likeness (QED) is 0.735. The van der Waals surface area contributed by atoms with Crippen LogP contribution in [-0.4, -0.2) is 18.0 Å². The van der Waals surface area contributed by atoms with Crippen molar-refractivity contribution in [3.8, 4) is 11.3 Å². The minimum absolute atomic E-state index is 0.289. The van der Waals surface area contributed by atoms with Gasteiger partial charge < -0.3 is 4.57 Å². The first-order chi connectivity index (χ1) is 12.9. The van der Waals surface area contributed by atoms with Crippen molar-refractivity contribution in [3.05, 3.63) is 66.1 Å². The summed E-state index contributed by atoms with van der Waals surface area (Å²) in [6.45, 7) is 0.886. The molecule has 0 unspecified atom stereocenters. The third-order valence-electron chi connectivity index (χ3n) is 4.54. The molecule has 27 heavy (non-hydrogen) atoms. The van der Waals surface area contributed by atoms with Gasteiger partial charge in [-0.3, -0.25) is 4.72 Å². The second-order valence-electron chi connectivity index (χ2n) is 6.42. The number of halogens is 2. The first kappa shape index (κ1) is 17.7. The zero-order chi connectivity index (χ0) is 19.0. The van der Waals surface area contributed by atoms with Gasteiger partial charge in [-0.1, -0.05) is 18.2 Å². The molecule has 8 heteroatoms. The summed E-state index contributed by atoms with van der Waals surface area (Å²) in [4.78, 5) is 4.01. The molecule has 0 bridgehead atoms. The Morgan fingerprint density at radius 1 is 1.07 bits per heavy atom. The molecule has 1 aliphatic heterocycles. The normalized spacial score (nSPS) is 14.0. The van der Waals surface area contributed by atoms with Gasteiger partial charge in [-0.25, -0.2) is 22.2 Å². The zero-order valence-electron chi connectivity index (χ0n) is 14.3. The van der Waals surface area contributed by atoms with Gasteiger partial charge in [-0.2, -0.15) is 0 Å². The molecular formula is C19H17F2N3O2S. The van der Waals surface area contributed by atoms with Crippen LogP contribution in [0.4, 0.5) is 14.5 Å². The van der Waals surface area contributed by atoms with Crippen LogP contribution in [-0.2, 0) is 23.0 Å². The van der Waals surface area contributed by atoms with E-state index in [1.165, 1.54) is 0 Å². The van der Waals surface area contributed by atoms with E-state index in [4.69, 9.17) is 0 Å². The average Bonchev–Trinajstić information content (AvgIpc) is 3.05. The number of fused-ring (bicyclic) bond motifs is 1. The van der Waals surface area contributed by atoms with Crippen LogP contribution in [0.1, 0.15) is 18.7 Å². The number of para-hydroxylation sites is 1. The van der Waals surface area contributed by atoms with Crippen LogP contribution in [0.15, 0.2) is 53.6 Å². The molecular weight excluding hydrogens is 372 g/mol. The Morgan fingerprint density at radius 2 is 1.89 bits per heavy atom. The van der Waals surface area contributed by atoms with Gasteiger partial charge in [0.1, 0.15) is 22.4 Å². The molecule has 1 aliphatic rings. The minimum atomic E-state index is -4.22. The number of aryl methyl sites for hydroxylation is 2. The van der Waals surface area contributed by atoms with Crippen LogP contribution in [0, 0.1) is 11.6 Å². The number of sulfonamides is 1. The highest BCUT2D eigenvalue weighted by atomic mass is 32.2. The fraction of sp³-hybridized carbons (Fsp3) is 0.211. The number of anilines is 1. The molecule has 2 heterocycles. The minimum Gasteiger partial charge on any atom is -0.334 e. The molecule has 1 aromatic heterocycles. The number of benzene rings is 2. The van der Waals surface area contributed by atoms with Crippen molar-refractivity contribution in [2.45, 2.75) is 30.7 Å². The number of nitrogens with zero attached hydrogens (tertiary/aromatic N) is 2. The Bertz CT molecular complexity index is 1090. The fourth-order valence-corrected chi connectivity index (χ4v) is 4.37. The van der Waals surface area contributed by atoms with Gasteiger partial charge >= 0.3 is 0 Å². The lowest BCUT2D eigenvalue weighted by Gasteiger charge is -2.12. The standard InChI is InChI=1S/C19H17F2N3O2S/c20-13-8-9-18(15(21)11-13)27(25,26)23-16-6-2-1-5-14(16)17-12-24-10-4-3-7-19(24)22-17/h1-2,5-6,8-9,11-12,23H,3-4,7,10H2. The molecule has 0 saturated heterocycles. The molecule has 1 N–H and O–H groups in total. The summed E-state index contributed by atoms with van der Waals surface area (Å²) in [6, 6.07) is 9.17. The average molecular weight is 389 g/mol. The first-order valence-electron chi connectivity index (χ1n) is 8.57. The van der Waals surface area contributed by atoms with Gasteiger partial charge in [-0.05, 0) is 31.0 Å². The van der Waals surface area contributed by atoms with E-state index < -0.39 is 26.6 Å². The summed E-state index contributed by atoms with van der Waals surface area (Å²) < 4.78 is 56.7. The summed E-state index contributed by atoms with van der Waals surface area (Å²) in [5.41, 5.74) is 1.55. The van der Waals surface area contributed by atoms with Gasteiger partial charge in [-0.15, -0.1) is 0 Å². The van der Waals surface area contributed by atoms with Gasteiger partial charge in [0.25, 0.3) is 10.0 Å². The summed E-state index contributed by atoms with van der Waals surface area (Å²) >= 11 is 0. The lowest BCUT2D eigenvalue weighted by atomic mass is 10.1. The third kappa shape index (κ3) is 3.44. The van der Waals surface area contributed by atoms with Crippen molar-refractivity contribution in [3.63, 3.8) is 0 Å². The second kappa shape index (κ2) is 6.77. The Labute approximate surface area is 155 Å². The monoisotopic (exact) mass is 389 g/mol. The molecule has 0 atom stereocenters. The highest BCUT2D eigenvalue weighted by Gasteiger charge is 2.22. The lowest BCUT2D eigenvalue weighted by Crippen LogP contribution is -2.15. The van der Waals surface area contributed by atoms with E-state index in [1.807, 2.05) is 6.20 Å². The molecule has 4 rings (SSSR count). The molecule has 0 saturated carbocycles. The van der Waals surface area contributed by atoms with E-state index in [0.717, 1.165) is 43.8 Å². The van der Waals surface area contributed by atoms with Crippen molar-refractivity contribution in [1.82, 2.24) is 9.55 Å². The third-order valence-corrected chi connectivity index (χ3v) is 5.94. The van der Waals surface area contributed by atoms with Crippen LogP contribution < -0.4 is 4.72 Å². The summed E-state index contributed by atoms with van der Waals surface area (Å²) in [6.07, 6.45) is 4.95.